The summed E-state index contributed by atoms with van der Waals surface area (Å²) in [7, 11) is 3.21. The van der Waals surface area contributed by atoms with Gasteiger partial charge in [0, 0.05) is 23.6 Å². The predicted molar refractivity (Wildman–Crippen MR) is 132 cm³/mol. The summed E-state index contributed by atoms with van der Waals surface area (Å²) in [6, 6.07) is 17.5. The Kier molecular flexibility index (Phi) is 6.90. The molecule has 0 aliphatic heterocycles. The van der Waals surface area contributed by atoms with Gasteiger partial charge in [-0.1, -0.05) is 66.4 Å². The third-order valence-electron chi connectivity index (χ3n) is 5.07. The molecule has 4 rings (SSSR count). The molecule has 0 bridgehead atoms. The molecule has 33 heavy (non-hydrogen) atoms. The van der Waals surface area contributed by atoms with Gasteiger partial charge < -0.3 is 14.6 Å². The predicted octanol–water partition coefficient (Wildman–Crippen LogP) is 5.04. The normalized spacial score (nSPS) is 10.8. The summed E-state index contributed by atoms with van der Waals surface area (Å²) in [5, 5.41) is 14.3. The maximum absolute atomic E-state index is 12.7. The van der Waals surface area contributed by atoms with Gasteiger partial charge in [0.2, 0.25) is 5.91 Å². The minimum atomic E-state index is -0.491. The lowest BCUT2D eigenvalue weighted by Gasteiger charge is -2.08. The van der Waals surface area contributed by atoms with Crippen LogP contribution in [0.5, 0.6) is 0 Å². The first-order chi connectivity index (χ1) is 16.0. The highest BCUT2D eigenvalue weighted by Gasteiger charge is 2.22. The van der Waals surface area contributed by atoms with E-state index < -0.39 is 5.97 Å². The molecule has 0 fully saturated rings. The van der Waals surface area contributed by atoms with Crippen molar-refractivity contribution in [2.24, 2.45) is 7.05 Å². The second kappa shape index (κ2) is 10.0. The zero-order valence-corrected chi connectivity index (χ0v) is 20.0. The number of thioether (sulfide) groups is 1. The third-order valence-corrected chi connectivity index (χ3v) is 6.99. The van der Waals surface area contributed by atoms with Crippen LogP contribution in [0.25, 0.3) is 22.5 Å². The van der Waals surface area contributed by atoms with E-state index in [0.717, 1.165) is 28.1 Å². The Morgan fingerprint density at radius 2 is 1.79 bits per heavy atom. The van der Waals surface area contributed by atoms with Crippen molar-refractivity contribution in [1.82, 2.24) is 14.8 Å². The molecule has 0 aliphatic carbocycles. The number of aryl methyl sites for hydroxylation is 1. The fraction of sp³-hybridized carbons (Fsp3) is 0.167. The molecular weight excluding hydrogens is 456 g/mol. The van der Waals surface area contributed by atoms with Crippen LogP contribution in [-0.4, -0.2) is 39.5 Å². The van der Waals surface area contributed by atoms with Gasteiger partial charge in [0.25, 0.3) is 0 Å². The Morgan fingerprint density at radius 3 is 2.52 bits per heavy atom. The Hall–Kier alpha value is -3.43. The van der Waals surface area contributed by atoms with E-state index in [2.05, 4.69) is 15.5 Å². The van der Waals surface area contributed by atoms with Crippen molar-refractivity contribution in [2.75, 3.05) is 18.2 Å². The summed E-state index contributed by atoms with van der Waals surface area (Å²) < 4.78 is 6.84. The fourth-order valence-corrected chi connectivity index (χ4v) is 5.06. The van der Waals surface area contributed by atoms with Crippen molar-refractivity contribution in [2.45, 2.75) is 12.1 Å². The molecule has 0 unspecified atom stereocenters. The number of nitrogens with zero attached hydrogens (tertiary/aromatic N) is 3. The highest BCUT2D eigenvalue weighted by molar-refractivity contribution is 7.99. The van der Waals surface area contributed by atoms with Crippen LogP contribution in [0, 0.1) is 6.92 Å². The van der Waals surface area contributed by atoms with Gasteiger partial charge in [0.05, 0.1) is 12.9 Å². The first kappa shape index (κ1) is 22.8. The molecule has 0 radical (unpaired) electrons. The first-order valence-electron chi connectivity index (χ1n) is 10.1. The molecule has 0 spiro atoms. The Morgan fingerprint density at radius 1 is 1.06 bits per heavy atom. The van der Waals surface area contributed by atoms with Gasteiger partial charge >= 0.3 is 5.97 Å². The number of esters is 1. The van der Waals surface area contributed by atoms with E-state index in [1.54, 1.807) is 0 Å². The lowest BCUT2D eigenvalue weighted by Crippen LogP contribution is -2.16. The van der Waals surface area contributed by atoms with Gasteiger partial charge in [-0.15, -0.1) is 21.5 Å². The van der Waals surface area contributed by atoms with Crippen molar-refractivity contribution >= 4 is 40.0 Å². The molecule has 0 atom stereocenters. The molecule has 2 heterocycles. The molecule has 168 valence electrons. The smallest absolute Gasteiger partial charge is 0.341 e. The fourth-order valence-electron chi connectivity index (χ4n) is 3.38. The molecule has 4 aromatic rings. The van der Waals surface area contributed by atoms with E-state index in [1.807, 2.05) is 78.5 Å². The average Bonchev–Trinajstić information content (AvgIpc) is 3.41. The van der Waals surface area contributed by atoms with Crippen LogP contribution in [0.15, 0.2) is 65.1 Å². The summed E-state index contributed by atoms with van der Waals surface area (Å²) in [6.45, 7) is 2.02. The lowest BCUT2D eigenvalue weighted by molar-refractivity contribution is -0.113. The van der Waals surface area contributed by atoms with Gasteiger partial charge in [-0.2, -0.15) is 0 Å². The number of benzene rings is 2. The van der Waals surface area contributed by atoms with Crippen molar-refractivity contribution < 1.29 is 14.3 Å². The molecule has 2 aromatic carbocycles. The van der Waals surface area contributed by atoms with Gasteiger partial charge in [-0.25, -0.2) is 4.79 Å². The zero-order valence-electron chi connectivity index (χ0n) is 18.4. The molecular formula is C24H22N4O3S2. The van der Waals surface area contributed by atoms with Crippen molar-refractivity contribution in [3.8, 4) is 22.5 Å². The lowest BCUT2D eigenvalue weighted by atomic mass is 10.0. The summed E-state index contributed by atoms with van der Waals surface area (Å²) in [4.78, 5) is 25.2. The van der Waals surface area contributed by atoms with E-state index in [0.29, 0.717) is 15.7 Å². The van der Waals surface area contributed by atoms with Crippen LogP contribution in [-0.2, 0) is 16.6 Å². The van der Waals surface area contributed by atoms with E-state index >= 15 is 0 Å². The Bertz CT molecular complexity index is 1300. The van der Waals surface area contributed by atoms with Gasteiger partial charge in [-0.05, 0) is 18.1 Å². The minimum absolute atomic E-state index is 0.124. The number of methoxy groups -OCH3 is 1. The second-order valence-electron chi connectivity index (χ2n) is 7.23. The van der Waals surface area contributed by atoms with Crippen LogP contribution in [0.1, 0.15) is 15.9 Å². The monoisotopic (exact) mass is 478 g/mol. The summed E-state index contributed by atoms with van der Waals surface area (Å²) >= 11 is 2.58. The number of aromatic nitrogens is 3. The summed E-state index contributed by atoms with van der Waals surface area (Å²) in [6.07, 6.45) is 0. The highest BCUT2D eigenvalue weighted by Crippen LogP contribution is 2.36. The third kappa shape index (κ3) is 4.84. The van der Waals surface area contributed by atoms with Crippen LogP contribution in [0.2, 0.25) is 0 Å². The Balaban J connectivity index is 1.49. The minimum Gasteiger partial charge on any atom is -0.465 e. The van der Waals surface area contributed by atoms with E-state index in [9.17, 15) is 9.59 Å². The molecule has 0 aliphatic rings. The maximum Gasteiger partial charge on any atom is 0.341 e. The number of anilines is 1. The van der Waals surface area contributed by atoms with E-state index in [1.165, 1.54) is 30.2 Å². The highest BCUT2D eigenvalue weighted by atomic mass is 32.2. The Labute approximate surface area is 199 Å². The maximum atomic E-state index is 12.7. The first-order valence-corrected chi connectivity index (χ1v) is 12.0. The second-order valence-corrected chi connectivity index (χ2v) is 9.05. The molecule has 9 heteroatoms. The quantitative estimate of drug-likeness (QED) is 0.296. The standard InChI is InChI=1S/C24H22N4O3S2/c1-15-9-7-8-12-17(15)21-26-27-24(28(21)2)33-14-19(29)25-22-20(23(30)31-3)18(13-32-22)16-10-5-4-6-11-16/h4-13H,14H2,1-3H3,(H,25,29). The van der Waals surface area contributed by atoms with Gasteiger partial charge in [-0.3, -0.25) is 4.79 Å². The molecule has 7 nitrogen and oxygen atoms in total. The SMILES string of the molecule is COC(=O)c1c(-c2ccccc2)csc1NC(=O)CSc1nnc(-c2ccccc2C)n1C. The van der Waals surface area contributed by atoms with E-state index in [-0.39, 0.29) is 11.7 Å². The van der Waals surface area contributed by atoms with Crippen molar-refractivity contribution in [3.05, 3.63) is 71.1 Å². The number of thiophene rings is 1. The number of ether oxygens (including phenoxy) is 1. The van der Waals surface area contributed by atoms with Crippen LogP contribution in [0.4, 0.5) is 5.00 Å². The summed E-state index contributed by atoms with van der Waals surface area (Å²) in [5.41, 5.74) is 4.06. The number of amides is 1. The number of hydrogen-bond acceptors (Lipinski definition) is 7. The zero-order chi connectivity index (χ0) is 23.4. The number of carbonyl (C=O) groups excluding carboxylic acids is 2. The molecule has 0 saturated heterocycles. The van der Waals surface area contributed by atoms with Crippen LogP contribution < -0.4 is 5.32 Å². The van der Waals surface area contributed by atoms with Gasteiger partial charge in [0.1, 0.15) is 10.6 Å². The van der Waals surface area contributed by atoms with Crippen LogP contribution >= 0.6 is 23.1 Å². The van der Waals surface area contributed by atoms with Crippen LogP contribution in [0.3, 0.4) is 0 Å². The number of hydrogen-bond donors (Lipinski definition) is 1. The molecule has 2 aromatic heterocycles. The number of carbonyl (C=O) groups is 2. The number of rotatable bonds is 7. The molecule has 1 amide bonds. The molecule has 0 saturated carbocycles. The largest absolute Gasteiger partial charge is 0.465 e. The number of nitrogens with one attached hydrogen (secondary N) is 1. The average molecular weight is 479 g/mol. The summed E-state index contributed by atoms with van der Waals surface area (Å²) in [5.74, 6) is 0.134. The van der Waals surface area contributed by atoms with E-state index in [4.69, 9.17) is 4.74 Å². The topological polar surface area (TPSA) is 86.1 Å². The van der Waals surface area contributed by atoms with Crippen molar-refractivity contribution in [1.29, 1.82) is 0 Å². The van der Waals surface area contributed by atoms with Crippen molar-refractivity contribution in [3.63, 3.8) is 0 Å². The van der Waals surface area contributed by atoms with Gasteiger partial charge in [0.15, 0.2) is 11.0 Å². The molecule has 1 N–H and O–H groups in total.